The van der Waals surface area contributed by atoms with E-state index < -0.39 is 5.97 Å². The van der Waals surface area contributed by atoms with Gasteiger partial charge in [-0.05, 0) is 49.2 Å². The maximum absolute atomic E-state index is 11.4. The van der Waals surface area contributed by atoms with Gasteiger partial charge in [0.2, 0.25) is 0 Å². The van der Waals surface area contributed by atoms with Gasteiger partial charge in [-0.3, -0.25) is 0 Å². The molecule has 5 nitrogen and oxygen atoms in total. The van der Waals surface area contributed by atoms with Crippen molar-refractivity contribution in [3.05, 3.63) is 41.6 Å². The molecule has 1 aromatic carbocycles. The van der Waals surface area contributed by atoms with Crippen molar-refractivity contribution in [2.45, 2.75) is 19.9 Å². The highest BCUT2D eigenvalue weighted by Crippen LogP contribution is 2.28. The van der Waals surface area contributed by atoms with E-state index in [1.54, 1.807) is 20.3 Å². The molecule has 22 heavy (non-hydrogen) atoms. The fraction of sp³-hybridized carbons (Fsp3) is 0.353. The van der Waals surface area contributed by atoms with Crippen molar-refractivity contribution in [3.63, 3.8) is 0 Å². The Kier molecular flexibility index (Phi) is 5.22. The van der Waals surface area contributed by atoms with E-state index in [9.17, 15) is 9.90 Å². The SMILES string of the molecule is COCCCn1c(-c2ccc(OC)cc2)cc(C(=O)O)c1C. The number of methoxy groups -OCH3 is 2. The number of aromatic nitrogens is 1. The van der Waals surface area contributed by atoms with Crippen LogP contribution in [0.4, 0.5) is 0 Å². The van der Waals surface area contributed by atoms with Crippen molar-refractivity contribution in [1.29, 1.82) is 0 Å². The van der Waals surface area contributed by atoms with Gasteiger partial charge in [-0.25, -0.2) is 4.79 Å². The summed E-state index contributed by atoms with van der Waals surface area (Å²) in [6.45, 7) is 3.19. The third kappa shape index (κ3) is 3.31. The lowest BCUT2D eigenvalue weighted by atomic mass is 10.1. The number of hydrogen-bond acceptors (Lipinski definition) is 3. The molecule has 0 bridgehead atoms. The molecule has 1 aromatic heterocycles. The van der Waals surface area contributed by atoms with Crippen molar-refractivity contribution in [2.75, 3.05) is 20.8 Å². The van der Waals surface area contributed by atoms with Crippen molar-refractivity contribution in [1.82, 2.24) is 4.57 Å². The highest BCUT2D eigenvalue weighted by atomic mass is 16.5. The third-order valence-corrected chi connectivity index (χ3v) is 3.71. The standard InChI is InChI=1S/C17H21NO4/c1-12-15(17(19)20)11-16(18(12)9-4-10-21-2)13-5-7-14(22-3)8-6-13/h5-8,11H,4,9-10H2,1-3H3,(H,19,20). The van der Waals surface area contributed by atoms with E-state index in [4.69, 9.17) is 9.47 Å². The molecular weight excluding hydrogens is 282 g/mol. The van der Waals surface area contributed by atoms with E-state index in [-0.39, 0.29) is 0 Å². The Morgan fingerprint density at radius 1 is 1.23 bits per heavy atom. The largest absolute Gasteiger partial charge is 0.497 e. The van der Waals surface area contributed by atoms with Gasteiger partial charge in [0, 0.05) is 31.6 Å². The number of carbonyl (C=O) groups is 1. The minimum absolute atomic E-state index is 0.336. The van der Waals surface area contributed by atoms with Crippen molar-refractivity contribution in [3.8, 4) is 17.0 Å². The van der Waals surface area contributed by atoms with Crippen molar-refractivity contribution >= 4 is 5.97 Å². The van der Waals surface area contributed by atoms with Crippen LogP contribution in [0.1, 0.15) is 22.5 Å². The van der Waals surface area contributed by atoms with Gasteiger partial charge in [0.05, 0.1) is 12.7 Å². The third-order valence-electron chi connectivity index (χ3n) is 3.71. The van der Waals surface area contributed by atoms with Crippen LogP contribution in [0.25, 0.3) is 11.3 Å². The summed E-state index contributed by atoms with van der Waals surface area (Å²) in [6, 6.07) is 9.35. The Bertz CT molecular complexity index is 643. The Balaban J connectivity index is 2.42. The molecule has 2 aromatic rings. The molecule has 0 atom stereocenters. The Labute approximate surface area is 130 Å². The molecular formula is C17H21NO4. The lowest BCUT2D eigenvalue weighted by Gasteiger charge is -2.12. The maximum atomic E-state index is 11.4. The van der Waals surface area contributed by atoms with Crippen LogP contribution < -0.4 is 4.74 Å². The summed E-state index contributed by atoms with van der Waals surface area (Å²) in [5.41, 5.74) is 2.96. The fourth-order valence-corrected chi connectivity index (χ4v) is 2.52. The van der Waals surface area contributed by atoms with Gasteiger partial charge < -0.3 is 19.1 Å². The second-order valence-corrected chi connectivity index (χ2v) is 5.06. The highest BCUT2D eigenvalue weighted by Gasteiger charge is 2.17. The van der Waals surface area contributed by atoms with Gasteiger partial charge in [0.15, 0.2) is 0 Å². The molecule has 118 valence electrons. The molecule has 1 heterocycles. The van der Waals surface area contributed by atoms with E-state index >= 15 is 0 Å². The lowest BCUT2D eigenvalue weighted by molar-refractivity contribution is 0.0696. The Morgan fingerprint density at radius 3 is 2.45 bits per heavy atom. The summed E-state index contributed by atoms with van der Waals surface area (Å²) in [5.74, 6) is -0.130. The van der Waals surface area contributed by atoms with Crippen LogP contribution in [0.2, 0.25) is 0 Å². The van der Waals surface area contributed by atoms with Crippen molar-refractivity contribution < 1.29 is 19.4 Å². The first-order valence-corrected chi connectivity index (χ1v) is 7.15. The zero-order chi connectivity index (χ0) is 16.1. The molecule has 0 aliphatic rings. The van der Waals surface area contributed by atoms with Gasteiger partial charge >= 0.3 is 5.97 Å². The predicted octanol–water partition coefficient (Wildman–Crippen LogP) is 3.21. The number of aromatic carboxylic acids is 1. The molecule has 5 heteroatoms. The van der Waals surface area contributed by atoms with E-state index in [2.05, 4.69) is 0 Å². The quantitative estimate of drug-likeness (QED) is 0.798. The number of rotatable bonds is 7. The number of benzene rings is 1. The maximum Gasteiger partial charge on any atom is 0.337 e. The van der Waals surface area contributed by atoms with Gasteiger partial charge in [0.1, 0.15) is 5.75 Å². The summed E-state index contributed by atoms with van der Waals surface area (Å²) < 4.78 is 12.3. The molecule has 0 fully saturated rings. The average molecular weight is 303 g/mol. The fourth-order valence-electron chi connectivity index (χ4n) is 2.52. The number of nitrogens with zero attached hydrogens (tertiary/aromatic N) is 1. The van der Waals surface area contributed by atoms with Crippen LogP contribution in [0, 0.1) is 6.92 Å². The lowest BCUT2D eigenvalue weighted by Crippen LogP contribution is -2.06. The van der Waals surface area contributed by atoms with Crippen LogP contribution in [-0.2, 0) is 11.3 Å². The minimum Gasteiger partial charge on any atom is -0.497 e. The minimum atomic E-state index is -0.905. The van der Waals surface area contributed by atoms with E-state index in [0.29, 0.717) is 18.7 Å². The molecule has 1 N–H and O–H groups in total. The molecule has 0 saturated heterocycles. The monoisotopic (exact) mass is 303 g/mol. The molecule has 0 aliphatic carbocycles. The van der Waals surface area contributed by atoms with E-state index in [0.717, 1.165) is 29.1 Å². The molecule has 0 radical (unpaired) electrons. The van der Waals surface area contributed by atoms with Gasteiger partial charge in [-0.15, -0.1) is 0 Å². The molecule has 0 aliphatic heterocycles. The zero-order valence-corrected chi connectivity index (χ0v) is 13.1. The van der Waals surface area contributed by atoms with E-state index in [1.165, 1.54) is 0 Å². The van der Waals surface area contributed by atoms with Crippen LogP contribution in [-0.4, -0.2) is 36.5 Å². The Morgan fingerprint density at radius 2 is 1.91 bits per heavy atom. The van der Waals surface area contributed by atoms with Gasteiger partial charge in [0.25, 0.3) is 0 Å². The average Bonchev–Trinajstić information content (AvgIpc) is 2.85. The van der Waals surface area contributed by atoms with Crippen LogP contribution in [0.5, 0.6) is 5.75 Å². The summed E-state index contributed by atoms with van der Waals surface area (Å²) in [6.07, 6.45) is 0.828. The van der Waals surface area contributed by atoms with Crippen molar-refractivity contribution in [2.24, 2.45) is 0 Å². The summed E-state index contributed by atoms with van der Waals surface area (Å²) >= 11 is 0. The Hall–Kier alpha value is -2.27. The molecule has 2 rings (SSSR count). The number of ether oxygens (including phenoxy) is 2. The van der Waals surface area contributed by atoms with Crippen LogP contribution in [0.3, 0.4) is 0 Å². The van der Waals surface area contributed by atoms with Crippen LogP contribution >= 0.6 is 0 Å². The number of carboxylic acid groups (broad SMARTS) is 1. The molecule has 0 amide bonds. The number of carboxylic acids is 1. The molecule has 0 unspecified atom stereocenters. The summed E-state index contributed by atoms with van der Waals surface area (Å²) in [4.78, 5) is 11.4. The topological polar surface area (TPSA) is 60.7 Å². The van der Waals surface area contributed by atoms with Gasteiger partial charge in [-0.2, -0.15) is 0 Å². The second kappa shape index (κ2) is 7.13. The van der Waals surface area contributed by atoms with Crippen LogP contribution in [0.15, 0.2) is 30.3 Å². The number of hydrogen-bond donors (Lipinski definition) is 1. The normalized spacial score (nSPS) is 10.7. The molecule has 0 saturated carbocycles. The predicted molar refractivity (Wildman–Crippen MR) is 84.6 cm³/mol. The smallest absolute Gasteiger partial charge is 0.337 e. The summed E-state index contributed by atoms with van der Waals surface area (Å²) in [5, 5.41) is 9.35. The first-order valence-electron chi connectivity index (χ1n) is 7.15. The van der Waals surface area contributed by atoms with E-state index in [1.807, 2.05) is 35.8 Å². The summed E-state index contributed by atoms with van der Waals surface area (Å²) in [7, 11) is 3.28. The first-order chi connectivity index (χ1) is 10.6. The van der Waals surface area contributed by atoms with Gasteiger partial charge in [-0.1, -0.05) is 0 Å². The first kappa shape index (κ1) is 16.1. The zero-order valence-electron chi connectivity index (χ0n) is 13.1. The second-order valence-electron chi connectivity index (χ2n) is 5.06. The highest BCUT2D eigenvalue weighted by molar-refractivity contribution is 5.91. The molecule has 0 spiro atoms.